The van der Waals surface area contributed by atoms with Crippen LogP contribution in [0.5, 0.6) is 0 Å². The van der Waals surface area contributed by atoms with Crippen LogP contribution in [0.1, 0.15) is 53.9 Å². The normalized spacial score (nSPS) is 24.8. The zero-order valence-corrected chi connectivity index (χ0v) is 19.9. The smallest absolute Gasteiger partial charge is 0.410 e. The lowest BCUT2D eigenvalue weighted by Gasteiger charge is -2.43. The number of amides is 1. The van der Waals surface area contributed by atoms with Gasteiger partial charge in [-0.2, -0.15) is 0 Å². The van der Waals surface area contributed by atoms with Crippen molar-refractivity contribution in [1.82, 2.24) is 4.90 Å². The monoisotopic (exact) mass is 471 g/mol. The summed E-state index contributed by atoms with van der Waals surface area (Å²) in [7, 11) is 0. The quantitative estimate of drug-likeness (QED) is 0.509. The van der Waals surface area contributed by atoms with Crippen LogP contribution < -0.4 is 0 Å². The third-order valence-electron chi connectivity index (χ3n) is 8.17. The summed E-state index contributed by atoms with van der Waals surface area (Å²) >= 11 is 0. The van der Waals surface area contributed by atoms with Gasteiger partial charge in [0.05, 0.1) is 5.60 Å². The maximum absolute atomic E-state index is 14.0. The number of nitrogens with zero attached hydrogens (tertiary/aromatic N) is 1. The van der Waals surface area contributed by atoms with Crippen molar-refractivity contribution >= 4 is 6.09 Å². The number of rotatable bonds is 4. The first-order valence-electron chi connectivity index (χ1n) is 12.5. The Morgan fingerprint density at radius 3 is 2.20 bits per heavy atom. The molecular formula is C30H30FNO3. The molecule has 1 amide bonds. The number of carbonyl (C=O) groups excluding carboxylic acids is 1. The second-order valence-electron chi connectivity index (χ2n) is 10.5. The van der Waals surface area contributed by atoms with E-state index >= 15 is 0 Å². The Morgan fingerprint density at radius 2 is 1.60 bits per heavy atom. The van der Waals surface area contributed by atoms with E-state index in [1.807, 2.05) is 35.2 Å². The number of aryl methyl sites for hydroxylation is 1. The number of carbonyl (C=O) groups is 1. The first-order chi connectivity index (χ1) is 16.9. The lowest BCUT2D eigenvalue weighted by Crippen LogP contribution is -2.54. The fraction of sp³-hybridized carbons (Fsp3) is 0.367. The van der Waals surface area contributed by atoms with Crippen molar-refractivity contribution in [1.29, 1.82) is 0 Å². The third kappa shape index (κ3) is 3.92. The highest BCUT2D eigenvalue weighted by Gasteiger charge is 2.50. The first-order valence-corrected chi connectivity index (χ1v) is 12.5. The number of hydrogen-bond donors (Lipinski definition) is 1. The number of aliphatic hydroxyl groups is 1. The molecule has 3 aliphatic rings. The lowest BCUT2D eigenvalue weighted by atomic mass is 9.81. The summed E-state index contributed by atoms with van der Waals surface area (Å²) in [6.45, 7) is 2.04. The summed E-state index contributed by atoms with van der Waals surface area (Å²) in [6, 6.07) is 21.7. The molecule has 6 rings (SSSR count). The zero-order chi connectivity index (χ0) is 24.2. The van der Waals surface area contributed by atoms with Gasteiger partial charge in [-0.1, -0.05) is 60.7 Å². The van der Waals surface area contributed by atoms with Crippen molar-refractivity contribution < 1.29 is 19.0 Å². The SMILES string of the molecule is Cc1ccc(CC2(O)CC3CCC(C2)N3C(=O)OCC2c3ccccc3-c3ccccc32)cc1F. The molecule has 5 heteroatoms. The maximum atomic E-state index is 14.0. The van der Waals surface area contributed by atoms with Crippen LogP contribution in [0, 0.1) is 12.7 Å². The summed E-state index contributed by atoms with van der Waals surface area (Å²) in [5.41, 5.74) is 5.27. The average molecular weight is 472 g/mol. The predicted molar refractivity (Wildman–Crippen MR) is 133 cm³/mol. The molecule has 2 bridgehead atoms. The lowest BCUT2D eigenvalue weighted by molar-refractivity contribution is -0.0479. The molecule has 0 spiro atoms. The molecule has 4 nitrogen and oxygen atoms in total. The molecular weight excluding hydrogens is 441 g/mol. The van der Waals surface area contributed by atoms with E-state index in [2.05, 4.69) is 24.3 Å². The van der Waals surface area contributed by atoms with Gasteiger partial charge >= 0.3 is 6.09 Å². The Bertz CT molecular complexity index is 1230. The second kappa shape index (κ2) is 8.49. The molecule has 2 fully saturated rings. The van der Waals surface area contributed by atoms with Crippen molar-refractivity contribution in [2.75, 3.05) is 6.61 Å². The van der Waals surface area contributed by atoms with Crippen molar-refractivity contribution in [3.05, 3.63) is 94.8 Å². The van der Waals surface area contributed by atoms with Gasteiger partial charge in [-0.25, -0.2) is 9.18 Å². The average Bonchev–Trinajstić information content (AvgIpc) is 3.32. The van der Waals surface area contributed by atoms with Crippen molar-refractivity contribution in [2.24, 2.45) is 0 Å². The molecule has 1 N–H and O–H groups in total. The van der Waals surface area contributed by atoms with Crippen LogP contribution in [0.25, 0.3) is 11.1 Å². The van der Waals surface area contributed by atoms with Crippen LogP contribution >= 0.6 is 0 Å². The van der Waals surface area contributed by atoms with Crippen molar-refractivity contribution in [3.63, 3.8) is 0 Å². The summed E-state index contributed by atoms with van der Waals surface area (Å²) in [5, 5.41) is 11.4. The molecule has 35 heavy (non-hydrogen) atoms. The third-order valence-corrected chi connectivity index (χ3v) is 8.17. The van der Waals surface area contributed by atoms with E-state index in [4.69, 9.17) is 4.74 Å². The molecule has 2 saturated heterocycles. The van der Waals surface area contributed by atoms with Gasteiger partial charge in [0.1, 0.15) is 12.4 Å². The minimum absolute atomic E-state index is 0.0298. The minimum Gasteiger partial charge on any atom is -0.448 e. The summed E-state index contributed by atoms with van der Waals surface area (Å²) in [6.07, 6.45) is 2.81. The van der Waals surface area contributed by atoms with Gasteiger partial charge < -0.3 is 14.7 Å². The molecule has 3 aromatic carbocycles. The van der Waals surface area contributed by atoms with Crippen LogP contribution in [0.4, 0.5) is 9.18 Å². The van der Waals surface area contributed by atoms with Crippen LogP contribution in [0.3, 0.4) is 0 Å². The van der Waals surface area contributed by atoms with Gasteiger partial charge in [-0.3, -0.25) is 0 Å². The summed E-state index contributed by atoms with van der Waals surface area (Å²) in [4.78, 5) is 15.1. The first kappa shape index (κ1) is 22.3. The van der Waals surface area contributed by atoms with E-state index in [1.165, 1.54) is 28.3 Å². The van der Waals surface area contributed by atoms with Crippen LogP contribution in [0.2, 0.25) is 0 Å². The number of fused-ring (bicyclic) bond motifs is 5. The molecule has 0 radical (unpaired) electrons. The molecule has 3 aromatic rings. The number of hydrogen-bond acceptors (Lipinski definition) is 3. The Kier molecular flexibility index (Phi) is 5.41. The van der Waals surface area contributed by atoms with Crippen LogP contribution in [-0.2, 0) is 11.2 Å². The fourth-order valence-corrected chi connectivity index (χ4v) is 6.56. The number of ether oxygens (including phenoxy) is 1. The van der Waals surface area contributed by atoms with Crippen molar-refractivity contribution in [3.8, 4) is 11.1 Å². The van der Waals surface area contributed by atoms with Gasteiger partial charge in [-0.15, -0.1) is 0 Å². The molecule has 2 aliphatic heterocycles. The van der Waals surface area contributed by atoms with E-state index < -0.39 is 5.60 Å². The second-order valence-corrected chi connectivity index (χ2v) is 10.5. The van der Waals surface area contributed by atoms with E-state index in [0.717, 1.165) is 18.4 Å². The fourth-order valence-electron chi connectivity index (χ4n) is 6.56. The topological polar surface area (TPSA) is 49.8 Å². The summed E-state index contributed by atoms with van der Waals surface area (Å²) < 4.78 is 20.0. The van der Waals surface area contributed by atoms with Gasteiger partial charge in [0.25, 0.3) is 0 Å². The van der Waals surface area contributed by atoms with E-state index in [-0.39, 0.29) is 29.9 Å². The predicted octanol–water partition coefficient (Wildman–Crippen LogP) is 5.98. The molecule has 2 atom stereocenters. The molecule has 0 saturated carbocycles. The van der Waals surface area contributed by atoms with Crippen molar-refractivity contribution in [2.45, 2.75) is 62.6 Å². The minimum atomic E-state index is -0.937. The molecule has 0 aromatic heterocycles. The number of halogens is 1. The highest BCUT2D eigenvalue weighted by Crippen LogP contribution is 2.46. The number of benzene rings is 3. The molecule has 180 valence electrons. The Hall–Kier alpha value is -3.18. The number of piperidine rings is 1. The molecule has 1 aliphatic carbocycles. The Balaban J connectivity index is 1.15. The van der Waals surface area contributed by atoms with Gasteiger partial charge in [-0.05, 0) is 72.1 Å². The molecule has 2 heterocycles. The standard InChI is InChI=1S/C30H30FNO3/c1-19-10-11-20(14-28(19)31)15-30(34)16-21-12-13-22(17-30)32(21)29(33)35-18-27-25-8-4-2-6-23(25)24-7-3-5-9-26(24)27/h2-11,14,21-22,27,34H,12-13,15-18H2,1H3. The Morgan fingerprint density at radius 1 is 1.00 bits per heavy atom. The van der Waals surface area contributed by atoms with Gasteiger partial charge in [0.2, 0.25) is 0 Å². The van der Waals surface area contributed by atoms with Crippen LogP contribution in [-0.4, -0.2) is 40.4 Å². The van der Waals surface area contributed by atoms with Gasteiger partial charge in [0, 0.05) is 24.4 Å². The summed E-state index contributed by atoms with van der Waals surface area (Å²) in [5.74, 6) is -0.215. The maximum Gasteiger partial charge on any atom is 0.410 e. The van der Waals surface area contributed by atoms with E-state index in [9.17, 15) is 14.3 Å². The van der Waals surface area contributed by atoms with Crippen LogP contribution in [0.15, 0.2) is 66.7 Å². The van der Waals surface area contributed by atoms with E-state index in [1.54, 1.807) is 13.0 Å². The Labute approximate surface area is 205 Å². The highest BCUT2D eigenvalue weighted by atomic mass is 19.1. The molecule has 2 unspecified atom stereocenters. The highest BCUT2D eigenvalue weighted by molar-refractivity contribution is 5.79. The van der Waals surface area contributed by atoms with Gasteiger partial charge in [0.15, 0.2) is 0 Å². The van der Waals surface area contributed by atoms with E-state index in [0.29, 0.717) is 31.4 Å². The largest absolute Gasteiger partial charge is 0.448 e. The zero-order valence-electron chi connectivity index (χ0n) is 19.9.